The summed E-state index contributed by atoms with van der Waals surface area (Å²) in [6.07, 6.45) is 0. The van der Waals surface area contributed by atoms with E-state index in [1.165, 1.54) is 42.1 Å². The number of hydrogen-bond donors (Lipinski definition) is 2. The lowest BCUT2D eigenvalue weighted by Crippen LogP contribution is -2.25. The first kappa shape index (κ1) is 21.9. The number of carbonyl (C=O) groups is 1. The van der Waals surface area contributed by atoms with Crippen molar-refractivity contribution < 1.29 is 17.6 Å². The van der Waals surface area contributed by atoms with E-state index in [2.05, 4.69) is 10.0 Å². The second-order valence-electron chi connectivity index (χ2n) is 6.40. The molecule has 0 fully saturated rings. The summed E-state index contributed by atoms with van der Waals surface area (Å²) in [5.41, 5.74) is 1.47. The van der Waals surface area contributed by atoms with Gasteiger partial charge in [0.2, 0.25) is 0 Å². The van der Waals surface area contributed by atoms with E-state index in [0.717, 1.165) is 0 Å². The zero-order valence-electron chi connectivity index (χ0n) is 16.0. The maximum Gasteiger partial charge on any atom is 0.261 e. The fraction of sp³-hybridized carbons (Fsp3) is 0.136. The van der Waals surface area contributed by atoms with Crippen LogP contribution in [0.3, 0.4) is 0 Å². The van der Waals surface area contributed by atoms with Crippen molar-refractivity contribution in [3.8, 4) is 0 Å². The molecule has 0 spiro atoms. The topological polar surface area (TPSA) is 75.3 Å². The van der Waals surface area contributed by atoms with Crippen molar-refractivity contribution in [3.63, 3.8) is 0 Å². The molecule has 2 N–H and O–H groups in total. The van der Waals surface area contributed by atoms with Crippen molar-refractivity contribution in [2.24, 2.45) is 0 Å². The molecule has 0 aliphatic carbocycles. The minimum atomic E-state index is -3.73. The Morgan fingerprint density at radius 2 is 1.57 bits per heavy atom. The van der Waals surface area contributed by atoms with Gasteiger partial charge >= 0.3 is 0 Å². The first-order chi connectivity index (χ1) is 14.5. The van der Waals surface area contributed by atoms with Crippen molar-refractivity contribution in [1.29, 1.82) is 0 Å². The number of nitrogens with one attached hydrogen (secondary N) is 2. The van der Waals surface area contributed by atoms with E-state index < -0.39 is 10.0 Å². The Morgan fingerprint density at radius 3 is 2.27 bits per heavy atom. The lowest BCUT2D eigenvalue weighted by atomic mass is 10.2. The fourth-order valence-electron chi connectivity index (χ4n) is 2.64. The smallest absolute Gasteiger partial charge is 0.261 e. The average Bonchev–Trinajstić information content (AvgIpc) is 2.75. The van der Waals surface area contributed by atoms with Crippen molar-refractivity contribution >= 4 is 33.4 Å². The number of carbonyl (C=O) groups excluding carboxylic acids is 1. The molecular weight excluding hydrogens is 423 g/mol. The van der Waals surface area contributed by atoms with Crippen molar-refractivity contribution in [2.45, 2.75) is 10.6 Å². The van der Waals surface area contributed by atoms with Crippen LogP contribution in [0.4, 0.5) is 10.1 Å². The quantitative estimate of drug-likeness (QED) is 0.483. The van der Waals surface area contributed by atoms with Gasteiger partial charge in [-0.1, -0.05) is 36.4 Å². The van der Waals surface area contributed by atoms with E-state index in [9.17, 15) is 17.6 Å². The van der Waals surface area contributed by atoms with Crippen LogP contribution in [0.15, 0.2) is 83.8 Å². The molecule has 8 heteroatoms. The van der Waals surface area contributed by atoms with E-state index in [1.807, 2.05) is 0 Å². The summed E-state index contributed by atoms with van der Waals surface area (Å²) in [5, 5.41) is 2.78. The standard InChI is InChI=1S/C22H21FN2O3S2/c23-21-9-5-4-6-18(21)16-29-15-14-24-22(26)17-10-12-20(13-11-17)30(27,28)25-19-7-2-1-3-8-19/h1-13,25H,14-16H2,(H,24,26). The number of para-hydroxylation sites is 1. The number of amides is 1. The number of halogens is 1. The van der Waals surface area contributed by atoms with Crippen LogP contribution >= 0.6 is 11.8 Å². The van der Waals surface area contributed by atoms with Gasteiger partial charge in [0.25, 0.3) is 15.9 Å². The van der Waals surface area contributed by atoms with Gasteiger partial charge in [-0.2, -0.15) is 11.8 Å². The van der Waals surface area contributed by atoms with Gasteiger partial charge in [0.1, 0.15) is 5.82 Å². The van der Waals surface area contributed by atoms with E-state index in [1.54, 1.807) is 48.5 Å². The molecule has 1 amide bonds. The molecule has 3 aromatic rings. The monoisotopic (exact) mass is 444 g/mol. The number of sulfonamides is 1. The maximum absolute atomic E-state index is 13.6. The minimum absolute atomic E-state index is 0.0725. The molecule has 0 heterocycles. The summed E-state index contributed by atoms with van der Waals surface area (Å²) in [5.74, 6) is 0.643. The zero-order valence-corrected chi connectivity index (χ0v) is 17.7. The Kier molecular flexibility index (Phi) is 7.48. The molecule has 0 radical (unpaired) electrons. The second kappa shape index (κ2) is 10.3. The third-order valence-electron chi connectivity index (χ3n) is 4.20. The lowest BCUT2D eigenvalue weighted by Gasteiger charge is -2.09. The predicted octanol–water partition coefficient (Wildman–Crippen LogP) is 4.29. The van der Waals surface area contributed by atoms with E-state index in [0.29, 0.717) is 34.9 Å². The highest BCUT2D eigenvalue weighted by molar-refractivity contribution is 7.98. The molecule has 0 bridgehead atoms. The second-order valence-corrected chi connectivity index (χ2v) is 9.18. The molecule has 5 nitrogen and oxygen atoms in total. The molecule has 0 aliphatic heterocycles. The Morgan fingerprint density at radius 1 is 0.900 bits per heavy atom. The zero-order chi connectivity index (χ0) is 21.4. The molecule has 156 valence electrons. The van der Waals surface area contributed by atoms with Gasteiger partial charge in [0, 0.05) is 29.3 Å². The van der Waals surface area contributed by atoms with Crippen LogP contribution < -0.4 is 10.0 Å². The van der Waals surface area contributed by atoms with Gasteiger partial charge in [-0.15, -0.1) is 0 Å². The minimum Gasteiger partial charge on any atom is -0.351 e. The van der Waals surface area contributed by atoms with Crippen LogP contribution in [-0.4, -0.2) is 26.6 Å². The molecule has 30 heavy (non-hydrogen) atoms. The molecule has 0 unspecified atom stereocenters. The molecule has 3 aromatic carbocycles. The highest BCUT2D eigenvalue weighted by Crippen LogP contribution is 2.17. The largest absolute Gasteiger partial charge is 0.351 e. The Bertz CT molecular complexity index is 1090. The first-order valence-corrected chi connectivity index (χ1v) is 11.9. The molecule has 3 rings (SSSR count). The third-order valence-corrected chi connectivity index (χ3v) is 6.61. The summed E-state index contributed by atoms with van der Waals surface area (Å²) in [4.78, 5) is 12.3. The van der Waals surface area contributed by atoms with Gasteiger partial charge in [-0.05, 0) is 48.0 Å². The molecule has 0 saturated carbocycles. The SMILES string of the molecule is O=C(NCCSCc1ccccc1F)c1ccc(S(=O)(=O)Nc2ccccc2)cc1. The average molecular weight is 445 g/mol. The van der Waals surface area contributed by atoms with E-state index in [4.69, 9.17) is 0 Å². The third kappa shape index (κ3) is 6.08. The Labute approximate surface area is 179 Å². The Balaban J connectivity index is 1.48. The van der Waals surface area contributed by atoms with Gasteiger partial charge in [-0.25, -0.2) is 12.8 Å². The van der Waals surface area contributed by atoms with Crippen molar-refractivity contribution in [1.82, 2.24) is 5.32 Å². The normalized spacial score (nSPS) is 11.1. The van der Waals surface area contributed by atoms with Crippen LogP contribution in [0.25, 0.3) is 0 Å². The van der Waals surface area contributed by atoms with E-state index in [-0.39, 0.29) is 16.6 Å². The van der Waals surface area contributed by atoms with Crippen molar-refractivity contribution in [3.05, 3.63) is 95.8 Å². The van der Waals surface area contributed by atoms with Gasteiger partial charge in [0.05, 0.1) is 4.90 Å². The van der Waals surface area contributed by atoms with Crippen LogP contribution in [0.2, 0.25) is 0 Å². The number of thioether (sulfide) groups is 1. The predicted molar refractivity (Wildman–Crippen MR) is 119 cm³/mol. The summed E-state index contributed by atoms with van der Waals surface area (Å²) >= 11 is 1.52. The lowest BCUT2D eigenvalue weighted by molar-refractivity contribution is 0.0956. The summed E-state index contributed by atoms with van der Waals surface area (Å²) in [6, 6.07) is 20.9. The molecule has 0 aromatic heterocycles. The summed E-state index contributed by atoms with van der Waals surface area (Å²) in [7, 11) is -3.73. The van der Waals surface area contributed by atoms with Gasteiger partial charge in [-0.3, -0.25) is 9.52 Å². The molecule has 0 saturated heterocycles. The highest BCUT2D eigenvalue weighted by atomic mass is 32.2. The van der Waals surface area contributed by atoms with Crippen LogP contribution in [0, 0.1) is 5.82 Å². The molecule has 0 aliphatic rings. The van der Waals surface area contributed by atoms with Crippen LogP contribution in [-0.2, 0) is 15.8 Å². The Hall–Kier alpha value is -2.84. The first-order valence-electron chi connectivity index (χ1n) is 9.23. The molecule has 0 atom stereocenters. The maximum atomic E-state index is 13.6. The number of rotatable bonds is 9. The number of anilines is 1. The number of hydrogen-bond acceptors (Lipinski definition) is 4. The van der Waals surface area contributed by atoms with Gasteiger partial charge in [0.15, 0.2) is 0 Å². The summed E-state index contributed by atoms with van der Waals surface area (Å²) < 4.78 is 40.9. The summed E-state index contributed by atoms with van der Waals surface area (Å²) in [6.45, 7) is 0.424. The molecular formula is C22H21FN2O3S2. The van der Waals surface area contributed by atoms with Crippen LogP contribution in [0.5, 0.6) is 0 Å². The van der Waals surface area contributed by atoms with Gasteiger partial charge < -0.3 is 5.32 Å². The number of benzene rings is 3. The van der Waals surface area contributed by atoms with Crippen molar-refractivity contribution in [2.75, 3.05) is 17.0 Å². The van der Waals surface area contributed by atoms with Crippen LogP contribution in [0.1, 0.15) is 15.9 Å². The van der Waals surface area contributed by atoms with E-state index >= 15 is 0 Å². The highest BCUT2D eigenvalue weighted by Gasteiger charge is 2.15. The fourth-order valence-corrected chi connectivity index (χ4v) is 4.55.